The SMILES string of the molecule is NCC(NCCCO)c1ccc(F)c(Cl)c1. The number of halogens is 2. The molecule has 5 heteroatoms. The normalized spacial score (nSPS) is 12.8. The summed E-state index contributed by atoms with van der Waals surface area (Å²) >= 11 is 5.69. The van der Waals surface area contributed by atoms with E-state index in [9.17, 15) is 4.39 Å². The molecule has 0 radical (unpaired) electrons. The fourth-order valence-electron chi connectivity index (χ4n) is 1.42. The highest BCUT2D eigenvalue weighted by Crippen LogP contribution is 2.20. The van der Waals surface area contributed by atoms with Crippen molar-refractivity contribution in [2.75, 3.05) is 19.7 Å². The molecule has 1 aromatic rings. The Morgan fingerprint density at radius 3 is 2.81 bits per heavy atom. The van der Waals surface area contributed by atoms with E-state index in [0.29, 0.717) is 19.5 Å². The minimum atomic E-state index is -0.434. The van der Waals surface area contributed by atoms with Crippen LogP contribution in [0.4, 0.5) is 4.39 Å². The molecule has 3 nitrogen and oxygen atoms in total. The van der Waals surface area contributed by atoms with Crippen molar-refractivity contribution in [1.29, 1.82) is 0 Å². The molecular weight excluding hydrogens is 231 g/mol. The van der Waals surface area contributed by atoms with E-state index < -0.39 is 5.82 Å². The van der Waals surface area contributed by atoms with E-state index >= 15 is 0 Å². The van der Waals surface area contributed by atoms with Crippen LogP contribution < -0.4 is 11.1 Å². The molecule has 16 heavy (non-hydrogen) atoms. The van der Waals surface area contributed by atoms with Crippen LogP contribution in [0.15, 0.2) is 18.2 Å². The van der Waals surface area contributed by atoms with Gasteiger partial charge in [0.15, 0.2) is 0 Å². The largest absolute Gasteiger partial charge is 0.396 e. The molecule has 0 fully saturated rings. The van der Waals surface area contributed by atoms with Crippen LogP contribution in [0.3, 0.4) is 0 Å². The van der Waals surface area contributed by atoms with Crippen LogP contribution in [0.1, 0.15) is 18.0 Å². The Morgan fingerprint density at radius 1 is 1.50 bits per heavy atom. The highest BCUT2D eigenvalue weighted by Gasteiger charge is 2.10. The summed E-state index contributed by atoms with van der Waals surface area (Å²) in [5, 5.41) is 11.9. The van der Waals surface area contributed by atoms with Gasteiger partial charge in [-0.15, -0.1) is 0 Å². The molecule has 0 heterocycles. The van der Waals surface area contributed by atoms with E-state index in [1.165, 1.54) is 6.07 Å². The first kappa shape index (κ1) is 13.4. The van der Waals surface area contributed by atoms with E-state index in [4.69, 9.17) is 22.4 Å². The average molecular weight is 247 g/mol. The van der Waals surface area contributed by atoms with E-state index in [2.05, 4.69) is 5.32 Å². The summed E-state index contributed by atoms with van der Waals surface area (Å²) in [5.74, 6) is -0.434. The predicted octanol–water partition coefficient (Wildman–Crippen LogP) is 1.45. The molecule has 0 aromatic heterocycles. The van der Waals surface area contributed by atoms with Gasteiger partial charge in [0.1, 0.15) is 5.82 Å². The zero-order valence-corrected chi connectivity index (χ0v) is 9.67. The van der Waals surface area contributed by atoms with Crippen molar-refractivity contribution in [3.05, 3.63) is 34.6 Å². The summed E-state index contributed by atoms with van der Waals surface area (Å²) in [6.07, 6.45) is 0.658. The van der Waals surface area contributed by atoms with Crippen LogP contribution >= 0.6 is 11.6 Å². The summed E-state index contributed by atoms with van der Waals surface area (Å²) in [7, 11) is 0. The monoisotopic (exact) mass is 246 g/mol. The number of hydrogen-bond donors (Lipinski definition) is 3. The Morgan fingerprint density at radius 2 is 2.25 bits per heavy atom. The van der Waals surface area contributed by atoms with Crippen LogP contribution in [0.5, 0.6) is 0 Å². The minimum absolute atomic E-state index is 0.0651. The average Bonchev–Trinajstić information content (AvgIpc) is 2.29. The molecule has 1 rings (SSSR count). The molecule has 0 spiro atoms. The fourth-order valence-corrected chi connectivity index (χ4v) is 1.61. The van der Waals surface area contributed by atoms with Crippen molar-refractivity contribution in [3.8, 4) is 0 Å². The van der Waals surface area contributed by atoms with Gasteiger partial charge in [-0.1, -0.05) is 17.7 Å². The second-order valence-corrected chi connectivity index (χ2v) is 3.90. The number of benzene rings is 1. The number of nitrogens with two attached hydrogens (primary N) is 1. The summed E-state index contributed by atoms with van der Waals surface area (Å²) in [5.41, 5.74) is 6.47. The van der Waals surface area contributed by atoms with Gasteiger partial charge in [0, 0.05) is 19.2 Å². The number of hydrogen-bond acceptors (Lipinski definition) is 3. The van der Waals surface area contributed by atoms with Crippen molar-refractivity contribution in [1.82, 2.24) is 5.32 Å². The molecule has 1 unspecified atom stereocenters. The first-order valence-corrected chi connectivity index (χ1v) is 5.56. The Kier molecular flexibility index (Phi) is 5.69. The Balaban J connectivity index is 2.67. The Hall–Kier alpha value is -0.680. The summed E-state index contributed by atoms with van der Waals surface area (Å²) in [4.78, 5) is 0. The van der Waals surface area contributed by atoms with Crippen LogP contribution in [0, 0.1) is 5.82 Å². The maximum atomic E-state index is 13.0. The molecule has 0 saturated heterocycles. The molecule has 0 aliphatic rings. The van der Waals surface area contributed by atoms with Gasteiger partial charge in [0.2, 0.25) is 0 Å². The molecule has 1 atom stereocenters. The molecule has 0 amide bonds. The molecule has 90 valence electrons. The Labute approximate surface area is 99.4 Å². The second kappa shape index (κ2) is 6.81. The zero-order valence-electron chi connectivity index (χ0n) is 8.92. The first-order valence-electron chi connectivity index (χ1n) is 5.18. The quantitative estimate of drug-likeness (QED) is 0.666. The van der Waals surface area contributed by atoms with Crippen molar-refractivity contribution in [3.63, 3.8) is 0 Å². The summed E-state index contributed by atoms with van der Waals surface area (Å²) in [6.45, 7) is 1.19. The van der Waals surface area contributed by atoms with E-state index in [1.807, 2.05) is 0 Å². The van der Waals surface area contributed by atoms with Crippen molar-refractivity contribution in [2.24, 2.45) is 5.73 Å². The molecule has 0 aliphatic carbocycles. The fraction of sp³-hybridized carbons (Fsp3) is 0.455. The third kappa shape index (κ3) is 3.72. The highest BCUT2D eigenvalue weighted by molar-refractivity contribution is 6.30. The third-order valence-electron chi connectivity index (χ3n) is 2.31. The van der Waals surface area contributed by atoms with E-state index in [1.54, 1.807) is 12.1 Å². The van der Waals surface area contributed by atoms with Gasteiger partial charge in [-0.3, -0.25) is 0 Å². The number of rotatable bonds is 6. The third-order valence-corrected chi connectivity index (χ3v) is 2.60. The van der Waals surface area contributed by atoms with E-state index in [-0.39, 0.29) is 17.7 Å². The van der Waals surface area contributed by atoms with Crippen LogP contribution in [-0.2, 0) is 0 Å². The summed E-state index contributed by atoms with van der Waals surface area (Å²) < 4.78 is 13.0. The lowest BCUT2D eigenvalue weighted by atomic mass is 10.1. The standard InChI is InChI=1S/C11H16ClFN2O/c12-9-6-8(2-3-10(9)13)11(7-14)15-4-1-5-16/h2-3,6,11,15-16H,1,4-5,7,14H2. The van der Waals surface area contributed by atoms with Crippen LogP contribution in [0.25, 0.3) is 0 Å². The van der Waals surface area contributed by atoms with Crippen molar-refractivity contribution in [2.45, 2.75) is 12.5 Å². The first-order chi connectivity index (χ1) is 7.69. The molecule has 1 aromatic carbocycles. The van der Waals surface area contributed by atoms with Crippen LogP contribution in [-0.4, -0.2) is 24.8 Å². The van der Waals surface area contributed by atoms with Gasteiger partial charge >= 0.3 is 0 Å². The number of nitrogens with one attached hydrogen (secondary N) is 1. The van der Waals surface area contributed by atoms with Gasteiger partial charge in [-0.25, -0.2) is 4.39 Å². The van der Waals surface area contributed by atoms with Gasteiger partial charge in [-0.05, 0) is 30.7 Å². The lowest BCUT2D eigenvalue weighted by molar-refractivity contribution is 0.283. The lowest BCUT2D eigenvalue weighted by Crippen LogP contribution is -2.29. The molecule has 0 aliphatic heterocycles. The maximum absolute atomic E-state index is 13.0. The molecule has 4 N–H and O–H groups in total. The number of aliphatic hydroxyl groups excluding tert-OH is 1. The predicted molar refractivity (Wildman–Crippen MR) is 62.9 cm³/mol. The maximum Gasteiger partial charge on any atom is 0.141 e. The lowest BCUT2D eigenvalue weighted by Gasteiger charge is -2.17. The second-order valence-electron chi connectivity index (χ2n) is 3.49. The summed E-state index contributed by atoms with van der Waals surface area (Å²) in [6, 6.07) is 4.49. The molecule has 0 saturated carbocycles. The Bertz CT molecular complexity index is 336. The molecular formula is C11H16ClFN2O. The van der Waals surface area contributed by atoms with E-state index in [0.717, 1.165) is 5.56 Å². The van der Waals surface area contributed by atoms with Crippen molar-refractivity contribution >= 4 is 11.6 Å². The van der Waals surface area contributed by atoms with Gasteiger partial charge < -0.3 is 16.2 Å². The molecule has 0 bridgehead atoms. The van der Waals surface area contributed by atoms with Crippen LogP contribution in [0.2, 0.25) is 5.02 Å². The van der Waals surface area contributed by atoms with Gasteiger partial charge in [-0.2, -0.15) is 0 Å². The van der Waals surface area contributed by atoms with Gasteiger partial charge in [0.25, 0.3) is 0 Å². The van der Waals surface area contributed by atoms with Crippen molar-refractivity contribution < 1.29 is 9.50 Å². The topological polar surface area (TPSA) is 58.3 Å². The van der Waals surface area contributed by atoms with Gasteiger partial charge in [0.05, 0.1) is 5.02 Å². The smallest absolute Gasteiger partial charge is 0.141 e. The highest BCUT2D eigenvalue weighted by atomic mass is 35.5. The number of aliphatic hydroxyl groups is 1. The zero-order chi connectivity index (χ0) is 12.0. The minimum Gasteiger partial charge on any atom is -0.396 e.